The number of nitrogens with zero attached hydrogens (tertiary/aromatic N) is 1. The fourth-order valence-electron chi connectivity index (χ4n) is 2.19. The van der Waals surface area contributed by atoms with Crippen LogP contribution in [0.1, 0.15) is 42.0 Å². The van der Waals surface area contributed by atoms with Gasteiger partial charge in [-0.2, -0.15) is 0 Å². The van der Waals surface area contributed by atoms with Gasteiger partial charge >= 0.3 is 0 Å². The second-order valence-electron chi connectivity index (χ2n) is 4.50. The molecule has 1 aromatic rings. The molecule has 1 saturated heterocycles. The number of carbonyl (C=O) groups excluding carboxylic acids is 1. The summed E-state index contributed by atoms with van der Waals surface area (Å²) in [7, 11) is 1.86. The van der Waals surface area contributed by atoms with Crippen LogP contribution in [-0.2, 0) is 6.54 Å². The van der Waals surface area contributed by atoms with Crippen LogP contribution in [0.4, 0.5) is 0 Å². The molecule has 1 aliphatic heterocycles. The van der Waals surface area contributed by atoms with Crippen molar-refractivity contribution < 1.29 is 9.21 Å². The maximum Gasteiger partial charge on any atom is 0.289 e. The van der Waals surface area contributed by atoms with E-state index in [1.165, 1.54) is 12.8 Å². The van der Waals surface area contributed by atoms with Crippen LogP contribution in [0.15, 0.2) is 16.5 Å². The first kappa shape index (κ1) is 12.2. The Morgan fingerprint density at radius 2 is 2.00 bits per heavy atom. The summed E-state index contributed by atoms with van der Waals surface area (Å²) >= 11 is 0. The number of amides is 1. The molecule has 0 aromatic carbocycles. The van der Waals surface area contributed by atoms with E-state index in [-0.39, 0.29) is 5.91 Å². The minimum absolute atomic E-state index is 0.0363. The molecule has 1 fully saturated rings. The monoisotopic (exact) mass is 236 g/mol. The number of likely N-dealkylation sites (tertiary alicyclic amines) is 1. The SMILES string of the molecule is CNCc1ccc(C(=O)N2CCCCCC2)o1. The molecule has 1 aliphatic rings. The quantitative estimate of drug-likeness (QED) is 0.873. The highest BCUT2D eigenvalue weighted by Gasteiger charge is 2.19. The van der Waals surface area contributed by atoms with E-state index in [1.54, 1.807) is 6.07 Å². The van der Waals surface area contributed by atoms with E-state index in [2.05, 4.69) is 5.32 Å². The van der Waals surface area contributed by atoms with Crippen LogP contribution in [-0.4, -0.2) is 30.9 Å². The van der Waals surface area contributed by atoms with Crippen molar-refractivity contribution >= 4 is 5.91 Å². The molecule has 0 aliphatic carbocycles. The molecule has 0 saturated carbocycles. The van der Waals surface area contributed by atoms with E-state index >= 15 is 0 Å². The third kappa shape index (κ3) is 3.09. The van der Waals surface area contributed by atoms with Crippen molar-refractivity contribution in [3.8, 4) is 0 Å². The zero-order valence-corrected chi connectivity index (χ0v) is 10.4. The molecule has 0 spiro atoms. The summed E-state index contributed by atoms with van der Waals surface area (Å²) in [6.07, 6.45) is 4.67. The van der Waals surface area contributed by atoms with Crippen molar-refractivity contribution in [1.82, 2.24) is 10.2 Å². The lowest BCUT2D eigenvalue weighted by Crippen LogP contribution is -2.31. The highest BCUT2D eigenvalue weighted by molar-refractivity contribution is 5.91. The second-order valence-corrected chi connectivity index (χ2v) is 4.50. The van der Waals surface area contributed by atoms with Gasteiger partial charge in [-0.1, -0.05) is 12.8 Å². The normalized spacial score (nSPS) is 16.9. The molecule has 94 valence electrons. The van der Waals surface area contributed by atoms with Gasteiger partial charge in [0, 0.05) is 13.1 Å². The second kappa shape index (κ2) is 5.87. The molecule has 1 N–H and O–H groups in total. The number of carbonyl (C=O) groups is 1. The molecular formula is C13H20N2O2. The fraction of sp³-hybridized carbons (Fsp3) is 0.615. The van der Waals surface area contributed by atoms with Gasteiger partial charge in [0.15, 0.2) is 5.76 Å². The maximum atomic E-state index is 12.2. The van der Waals surface area contributed by atoms with Gasteiger partial charge in [-0.15, -0.1) is 0 Å². The number of furan rings is 1. The summed E-state index contributed by atoms with van der Waals surface area (Å²) in [5.41, 5.74) is 0. The number of hydrogen-bond donors (Lipinski definition) is 1. The summed E-state index contributed by atoms with van der Waals surface area (Å²) in [6, 6.07) is 3.64. The lowest BCUT2D eigenvalue weighted by atomic mass is 10.2. The van der Waals surface area contributed by atoms with E-state index in [4.69, 9.17) is 4.42 Å². The summed E-state index contributed by atoms with van der Waals surface area (Å²) < 4.78 is 5.53. The van der Waals surface area contributed by atoms with Crippen LogP contribution in [0.2, 0.25) is 0 Å². The number of rotatable bonds is 3. The Balaban J connectivity index is 2.01. The van der Waals surface area contributed by atoms with Crippen molar-refractivity contribution in [2.45, 2.75) is 32.2 Å². The van der Waals surface area contributed by atoms with Crippen molar-refractivity contribution in [2.75, 3.05) is 20.1 Å². The lowest BCUT2D eigenvalue weighted by Gasteiger charge is -2.18. The smallest absolute Gasteiger partial charge is 0.289 e. The predicted molar refractivity (Wildman–Crippen MR) is 65.8 cm³/mol. The van der Waals surface area contributed by atoms with Crippen molar-refractivity contribution in [3.63, 3.8) is 0 Å². The predicted octanol–water partition coefficient (Wildman–Crippen LogP) is 2.02. The van der Waals surface area contributed by atoms with Gasteiger partial charge in [0.25, 0.3) is 5.91 Å². The molecule has 2 rings (SSSR count). The van der Waals surface area contributed by atoms with Crippen LogP contribution in [0.25, 0.3) is 0 Å². The fourth-order valence-corrected chi connectivity index (χ4v) is 2.19. The van der Waals surface area contributed by atoms with E-state index in [9.17, 15) is 4.79 Å². The van der Waals surface area contributed by atoms with Gasteiger partial charge in [-0.05, 0) is 32.0 Å². The van der Waals surface area contributed by atoms with E-state index in [0.717, 1.165) is 31.7 Å². The Morgan fingerprint density at radius 1 is 1.29 bits per heavy atom. The molecule has 17 heavy (non-hydrogen) atoms. The van der Waals surface area contributed by atoms with Crippen LogP contribution >= 0.6 is 0 Å². The zero-order valence-electron chi connectivity index (χ0n) is 10.4. The molecule has 2 heterocycles. The third-order valence-electron chi connectivity index (χ3n) is 3.12. The molecule has 0 unspecified atom stereocenters. The minimum Gasteiger partial charge on any atom is -0.455 e. The first-order valence-corrected chi connectivity index (χ1v) is 6.34. The summed E-state index contributed by atoms with van der Waals surface area (Å²) in [5.74, 6) is 1.32. The van der Waals surface area contributed by atoms with E-state index in [1.807, 2.05) is 18.0 Å². The van der Waals surface area contributed by atoms with Crippen LogP contribution in [0.3, 0.4) is 0 Å². The Kier molecular flexibility index (Phi) is 4.20. The first-order valence-electron chi connectivity index (χ1n) is 6.34. The van der Waals surface area contributed by atoms with Crippen molar-refractivity contribution in [2.24, 2.45) is 0 Å². The van der Waals surface area contributed by atoms with Crippen molar-refractivity contribution in [3.05, 3.63) is 23.7 Å². The van der Waals surface area contributed by atoms with Gasteiger partial charge in [0.1, 0.15) is 5.76 Å². The molecule has 0 bridgehead atoms. The highest BCUT2D eigenvalue weighted by atomic mass is 16.4. The van der Waals surface area contributed by atoms with Gasteiger partial charge < -0.3 is 14.6 Å². The van der Waals surface area contributed by atoms with Gasteiger partial charge in [-0.3, -0.25) is 4.79 Å². The molecule has 1 aromatic heterocycles. The van der Waals surface area contributed by atoms with Crippen LogP contribution in [0, 0.1) is 0 Å². The Bertz CT molecular complexity index is 365. The van der Waals surface area contributed by atoms with Gasteiger partial charge in [0.05, 0.1) is 6.54 Å². The molecule has 0 atom stereocenters. The summed E-state index contributed by atoms with van der Waals surface area (Å²) in [5, 5.41) is 3.01. The minimum atomic E-state index is 0.0363. The van der Waals surface area contributed by atoms with Gasteiger partial charge in [-0.25, -0.2) is 0 Å². The van der Waals surface area contributed by atoms with Gasteiger partial charge in [0.2, 0.25) is 0 Å². The topological polar surface area (TPSA) is 45.5 Å². The Morgan fingerprint density at radius 3 is 2.65 bits per heavy atom. The standard InChI is InChI=1S/C13H20N2O2/c1-14-10-11-6-7-12(17-11)13(16)15-8-4-2-3-5-9-15/h6-7,14H,2-5,8-10H2,1H3. The average Bonchev–Trinajstić information content (AvgIpc) is 2.64. The van der Waals surface area contributed by atoms with Crippen LogP contribution < -0.4 is 5.32 Å². The summed E-state index contributed by atoms with van der Waals surface area (Å²) in [4.78, 5) is 14.1. The Hall–Kier alpha value is -1.29. The molecule has 4 nitrogen and oxygen atoms in total. The molecule has 4 heteroatoms. The molecular weight excluding hydrogens is 216 g/mol. The van der Waals surface area contributed by atoms with E-state index < -0.39 is 0 Å². The summed E-state index contributed by atoms with van der Waals surface area (Å²) in [6.45, 7) is 2.38. The third-order valence-corrected chi connectivity index (χ3v) is 3.12. The van der Waals surface area contributed by atoms with Crippen molar-refractivity contribution in [1.29, 1.82) is 0 Å². The first-order chi connectivity index (χ1) is 8.31. The number of nitrogens with one attached hydrogen (secondary N) is 1. The zero-order chi connectivity index (χ0) is 12.1. The van der Waals surface area contributed by atoms with E-state index in [0.29, 0.717) is 12.3 Å². The lowest BCUT2D eigenvalue weighted by molar-refractivity contribution is 0.0727. The maximum absolute atomic E-state index is 12.2. The highest BCUT2D eigenvalue weighted by Crippen LogP contribution is 2.15. The molecule has 0 radical (unpaired) electrons. The molecule has 1 amide bonds. The number of hydrogen-bond acceptors (Lipinski definition) is 3. The average molecular weight is 236 g/mol. The largest absolute Gasteiger partial charge is 0.455 e. The van der Waals surface area contributed by atoms with Crippen LogP contribution in [0.5, 0.6) is 0 Å². The Labute approximate surface area is 102 Å².